The van der Waals surface area contributed by atoms with E-state index in [0.29, 0.717) is 11.6 Å². The van der Waals surface area contributed by atoms with E-state index in [1.54, 1.807) is 0 Å². The van der Waals surface area contributed by atoms with E-state index in [9.17, 15) is 0 Å². The van der Waals surface area contributed by atoms with E-state index in [-0.39, 0.29) is 0 Å². The van der Waals surface area contributed by atoms with E-state index >= 15 is 0 Å². The lowest BCUT2D eigenvalue weighted by atomic mass is 9.53. The summed E-state index contributed by atoms with van der Waals surface area (Å²) in [6.45, 7) is 0. The Hall–Kier alpha value is -0.180. The van der Waals surface area contributed by atoms with Gasteiger partial charge < -0.3 is 4.74 Å². The van der Waals surface area contributed by atoms with Crippen LogP contribution in [0.25, 0.3) is 0 Å². The minimum atomic E-state index is 0.296. The predicted octanol–water partition coefficient (Wildman–Crippen LogP) is 4.39. The molecule has 6 rings (SSSR count). The highest BCUT2D eigenvalue weighted by Crippen LogP contribution is 2.57. The zero-order valence-electron chi connectivity index (χ0n) is 12.2. The van der Waals surface area contributed by atoms with Crippen LogP contribution in [0.3, 0.4) is 0 Å². The van der Waals surface area contributed by atoms with Crippen molar-refractivity contribution in [3.8, 4) is 0 Å². The molecule has 0 unspecified atom stereocenters. The highest BCUT2D eigenvalue weighted by Gasteiger charge is 2.52. The molecule has 0 spiro atoms. The van der Waals surface area contributed by atoms with Gasteiger partial charge in [-0.2, -0.15) is 0 Å². The number of aliphatic imine (C=N–C) groups is 1. The van der Waals surface area contributed by atoms with Crippen LogP contribution in [-0.4, -0.2) is 22.1 Å². The minimum absolute atomic E-state index is 0.296. The van der Waals surface area contributed by atoms with E-state index in [1.807, 2.05) is 11.8 Å². The molecule has 1 heterocycles. The maximum absolute atomic E-state index is 6.22. The fourth-order valence-electron chi connectivity index (χ4n) is 6.07. The van der Waals surface area contributed by atoms with Gasteiger partial charge in [0, 0.05) is 0 Å². The molecule has 5 saturated carbocycles. The third-order valence-electron chi connectivity index (χ3n) is 6.48. The van der Waals surface area contributed by atoms with Crippen molar-refractivity contribution < 1.29 is 4.74 Å². The second kappa shape index (κ2) is 4.41. The molecular formula is C17H25NOS. The third kappa shape index (κ3) is 1.95. The second-order valence-electron chi connectivity index (χ2n) is 8.12. The Labute approximate surface area is 126 Å². The van der Waals surface area contributed by atoms with Gasteiger partial charge in [0.1, 0.15) is 6.10 Å². The van der Waals surface area contributed by atoms with Gasteiger partial charge in [0.05, 0.1) is 10.8 Å². The Morgan fingerprint density at radius 2 is 1.60 bits per heavy atom. The van der Waals surface area contributed by atoms with Gasteiger partial charge in [0.25, 0.3) is 0 Å². The molecule has 3 heteroatoms. The van der Waals surface area contributed by atoms with Gasteiger partial charge in [-0.15, -0.1) is 0 Å². The molecule has 110 valence electrons. The van der Waals surface area contributed by atoms with Crippen LogP contribution in [0.2, 0.25) is 0 Å². The number of fused-ring (bicyclic) bond motifs is 1. The molecule has 6 aliphatic rings. The molecular weight excluding hydrogens is 266 g/mol. The van der Waals surface area contributed by atoms with Gasteiger partial charge in [-0.05, 0) is 75.5 Å². The summed E-state index contributed by atoms with van der Waals surface area (Å²) in [4.78, 5) is 5.25. The van der Waals surface area contributed by atoms with Crippen molar-refractivity contribution in [3.63, 3.8) is 0 Å². The highest BCUT2D eigenvalue weighted by molar-refractivity contribution is 8.14. The SMILES string of the molecule is C1CC[C@H]2SC(=NC34CC5CC(CC(C5)C3)C4)O[C@@H]2C1. The number of thioether (sulfide) groups is 1. The van der Waals surface area contributed by atoms with Crippen LogP contribution in [0.4, 0.5) is 0 Å². The van der Waals surface area contributed by atoms with Crippen LogP contribution in [0.1, 0.15) is 64.2 Å². The Morgan fingerprint density at radius 3 is 2.25 bits per heavy atom. The van der Waals surface area contributed by atoms with Gasteiger partial charge >= 0.3 is 0 Å². The van der Waals surface area contributed by atoms with Crippen molar-refractivity contribution in [3.05, 3.63) is 0 Å². The van der Waals surface area contributed by atoms with E-state index in [1.165, 1.54) is 64.2 Å². The topological polar surface area (TPSA) is 21.6 Å². The normalized spacial score (nSPS) is 55.0. The summed E-state index contributed by atoms with van der Waals surface area (Å²) in [6.07, 6.45) is 14.4. The number of nitrogens with zero attached hydrogens (tertiary/aromatic N) is 1. The average molecular weight is 291 g/mol. The summed E-state index contributed by atoms with van der Waals surface area (Å²) in [5.41, 5.74) is 0.296. The Morgan fingerprint density at radius 1 is 0.950 bits per heavy atom. The fraction of sp³-hybridized carbons (Fsp3) is 0.941. The first-order chi connectivity index (χ1) is 9.78. The van der Waals surface area contributed by atoms with Crippen molar-refractivity contribution in [2.45, 2.75) is 81.1 Å². The number of rotatable bonds is 1. The lowest BCUT2D eigenvalue weighted by molar-refractivity contribution is 0.000411. The molecule has 4 bridgehead atoms. The molecule has 0 N–H and O–H groups in total. The predicted molar refractivity (Wildman–Crippen MR) is 83.1 cm³/mol. The molecule has 0 amide bonds. The molecule has 6 fully saturated rings. The van der Waals surface area contributed by atoms with E-state index in [2.05, 4.69) is 0 Å². The number of ether oxygens (including phenoxy) is 1. The maximum atomic E-state index is 6.22. The standard InChI is InChI=1S/C17H25NOS/c1-2-4-15-14(3-1)19-16(20-15)18-17-8-11-5-12(9-17)7-13(6-11)10-17/h11-15H,1-10H2/t11?,12?,13?,14-,15-,17?/m1/s1. The van der Waals surface area contributed by atoms with Crippen LogP contribution >= 0.6 is 11.8 Å². The molecule has 20 heavy (non-hydrogen) atoms. The van der Waals surface area contributed by atoms with Crippen molar-refractivity contribution in [2.75, 3.05) is 0 Å². The van der Waals surface area contributed by atoms with Crippen LogP contribution in [0.15, 0.2) is 4.99 Å². The summed E-state index contributed by atoms with van der Waals surface area (Å²) >= 11 is 1.97. The van der Waals surface area contributed by atoms with Crippen molar-refractivity contribution in [2.24, 2.45) is 22.7 Å². The van der Waals surface area contributed by atoms with Crippen molar-refractivity contribution >= 4 is 17.0 Å². The molecule has 0 aromatic rings. The average Bonchev–Trinajstić information content (AvgIpc) is 2.77. The quantitative estimate of drug-likeness (QED) is 0.715. The van der Waals surface area contributed by atoms with Crippen molar-refractivity contribution in [1.82, 2.24) is 0 Å². The number of hydrogen-bond donors (Lipinski definition) is 0. The van der Waals surface area contributed by atoms with Crippen LogP contribution in [-0.2, 0) is 4.74 Å². The molecule has 2 atom stereocenters. The lowest BCUT2D eigenvalue weighted by Gasteiger charge is -2.54. The maximum Gasteiger partial charge on any atom is 0.247 e. The summed E-state index contributed by atoms with van der Waals surface area (Å²) in [6, 6.07) is 0. The van der Waals surface area contributed by atoms with Crippen molar-refractivity contribution in [1.29, 1.82) is 0 Å². The van der Waals surface area contributed by atoms with Gasteiger partial charge in [0.15, 0.2) is 0 Å². The van der Waals surface area contributed by atoms with Gasteiger partial charge in [-0.3, -0.25) is 0 Å². The molecule has 0 aromatic carbocycles. The monoisotopic (exact) mass is 291 g/mol. The smallest absolute Gasteiger partial charge is 0.247 e. The molecule has 0 aromatic heterocycles. The first kappa shape index (κ1) is 12.4. The van der Waals surface area contributed by atoms with Gasteiger partial charge in [-0.25, -0.2) is 4.99 Å². The minimum Gasteiger partial charge on any atom is -0.469 e. The summed E-state index contributed by atoms with van der Waals surface area (Å²) in [5.74, 6) is 2.96. The molecule has 1 saturated heterocycles. The zero-order valence-corrected chi connectivity index (χ0v) is 13.0. The summed E-state index contributed by atoms with van der Waals surface area (Å²) in [5, 5.41) is 1.79. The Kier molecular flexibility index (Phi) is 2.73. The van der Waals surface area contributed by atoms with Gasteiger partial charge in [0.2, 0.25) is 5.23 Å². The molecule has 2 nitrogen and oxygen atoms in total. The Balaban J connectivity index is 1.39. The van der Waals surface area contributed by atoms with E-state index in [4.69, 9.17) is 9.73 Å². The lowest BCUT2D eigenvalue weighted by Crippen LogP contribution is -2.49. The van der Waals surface area contributed by atoms with E-state index in [0.717, 1.165) is 28.2 Å². The first-order valence-corrected chi connectivity index (χ1v) is 9.59. The second-order valence-corrected chi connectivity index (χ2v) is 9.31. The third-order valence-corrected chi connectivity index (χ3v) is 7.71. The Bertz CT molecular complexity index is 395. The van der Waals surface area contributed by atoms with Crippen LogP contribution in [0, 0.1) is 17.8 Å². The summed E-state index contributed by atoms with van der Waals surface area (Å²) < 4.78 is 6.22. The summed E-state index contributed by atoms with van der Waals surface area (Å²) in [7, 11) is 0. The van der Waals surface area contributed by atoms with Crippen LogP contribution in [0.5, 0.6) is 0 Å². The first-order valence-electron chi connectivity index (χ1n) is 8.71. The zero-order chi connectivity index (χ0) is 13.2. The fourth-order valence-corrected chi connectivity index (χ4v) is 7.38. The largest absolute Gasteiger partial charge is 0.469 e. The molecule has 1 aliphatic heterocycles. The molecule has 5 aliphatic carbocycles. The molecule has 0 radical (unpaired) electrons. The highest BCUT2D eigenvalue weighted by atomic mass is 32.2. The van der Waals surface area contributed by atoms with Crippen LogP contribution < -0.4 is 0 Å². The number of hydrogen-bond acceptors (Lipinski definition) is 3. The van der Waals surface area contributed by atoms with Gasteiger partial charge in [-0.1, -0.05) is 18.2 Å². The van der Waals surface area contributed by atoms with E-state index < -0.39 is 0 Å².